The third kappa shape index (κ3) is 3.58. The van der Waals surface area contributed by atoms with Crippen molar-refractivity contribution in [1.82, 2.24) is 20.0 Å². The lowest BCUT2D eigenvalue weighted by atomic mass is 10.1. The number of aromatic nitrogens is 2. The molecule has 2 rings (SSSR count). The summed E-state index contributed by atoms with van der Waals surface area (Å²) in [6.45, 7) is 3.14. The molecule has 1 aromatic heterocycles. The maximum atomic E-state index is 6.11. The Morgan fingerprint density at radius 3 is 2.94 bits per heavy atom. The Hall–Kier alpha value is -0.290. The van der Waals surface area contributed by atoms with Crippen LogP contribution in [-0.4, -0.2) is 40.9 Å². The molecule has 1 saturated heterocycles. The molecule has 0 spiro atoms. The molecule has 98 valence electrons. The van der Waals surface area contributed by atoms with Crippen LogP contribution in [0.5, 0.6) is 0 Å². The van der Waals surface area contributed by atoms with Gasteiger partial charge in [0.25, 0.3) is 0 Å². The molecule has 1 fully saturated rings. The van der Waals surface area contributed by atoms with Crippen LogP contribution >= 0.6 is 24.0 Å². The molecular formula is C11H20Cl2N4. The van der Waals surface area contributed by atoms with Crippen molar-refractivity contribution in [2.24, 2.45) is 7.05 Å². The second-order valence-electron chi connectivity index (χ2n) is 4.43. The molecule has 4 nitrogen and oxygen atoms in total. The van der Waals surface area contributed by atoms with Crippen molar-refractivity contribution < 1.29 is 0 Å². The minimum atomic E-state index is 0. The average Bonchev–Trinajstić information content (AvgIpc) is 2.61. The fraction of sp³-hybridized carbons (Fsp3) is 0.727. The van der Waals surface area contributed by atoms with E-state index < -0.39 is 0 Å². The van der Waals surface area contributed by atoms with Crippen LogP contribution in [0.25, 0.3) is 0 Å². The fourth-order valence-electron chi connectivity index (χ4n) is 2.26. The number of aryl methyl sites for hydroxylation is 1. The van der Waals surface area contributed by atoms with Gasteiger partial charge in [-0.3, -0.25) is 9.58 Å². The number of halogens is 2. The number of piperidine rings is 1. The van der Waals surface area contributed by atoms with E-state index in [-0.39, 0.29) is 12.4 Å². The normalized spacial score (nSPS) is 21.2. The highest BCUT2D eigenvalue weighted by Crippen LogP contribution is 2.19. The quantitative estimate of drug-likeness (QED) is 0.914. The van der Waals surface area contributed by atoms with E-state index in [0.29, 0.717) is 6.04 Å². The largest absolute Gasteiger partial charge is 0.316 e. The van der Waals surface area contributed by atoms with Crippen molar-refractivity contribution in [3.63, 3.8) is 0 Å². The van der Waals surface area contributed by atoms with Crippen LogP contribution in [0.15, 0.2) is 6.20 Å². The molecule has 1 atom stereocenters. The van der Waals surface area contributed by atoms with Crippen LogP contribution in [0, 0.1) is 0 Å². The monoisotopic (exact) mass is 278 g/mol. The Balaban J connectivity index is 0.00000144. The summed E-state index contributed by atoms with van der Waals surface area (Å²) < 4.78 is 1.87. The summed E-state index contributed by atoms with van der Waals surface area (Å²) in [5, 5.41) is 8.28. The predicted octanol–water partition coefficient (Wildman–Crippen LogP) is 1.68. The number of likely N-dealkylation sites (N-methyl/N-ethyl adjacent to an activating group) is 1. The molecule has 0 aromatic carbocycles. The van der Waals surface area contributed by atoms with Crippen molar-refractivity contribution in [3.05, 3.63) is 16.9 Å². The number of nitrogens with zero attached hydrogens (tertiary/aromatic N) is 3. The molecule has 0 bridgehead atoms. The molecule has 1 unspecified atom stereocenters. The molecule has 6 heteroatoms. The lowest BCUT2D eigenvalue weighted by Gasteiger charge is -2.32. The molecule has 17 heavy (non-hydrogen) atoms. The molecule has 1 N–H and O–H groups in total. The molecule has 1 aliphatic heterocycles. The van der Waals surface area contributed by atoms with Crippen LogP contribution in [0.1, 0.15) is 18.5 Å². The zero-order valence-electron chi connectivity index (χ0n) is 10.3. The summed E-state index contributed by atoms with van der Waals surface area (Å²) in [4.78, 5) is 2.44. The number of rotatable bonds is 3. The van der Waals surface area contributed by atoms with Gasteiger partial charge in [-0.15, -0.1) is 12.4 Å². The number of hydrogen-bond acceptors (Lipinski definition) is 3. The van der Waals surface area contributed by atoms with Crippen molar-refractivity contribution in [1.29, 1.82) is 0 Å². The SMILES string of the molecule is CNC1CCCN(Cc2c(Cl)cnn2C)C1.Cl. The smallest absolute Gasteiger partial charge is 0.0831 e. The standard InChI is InChI=1S/C11H19ClN4.ClH/c1-13-9-4-3-5-16(7-9)8-11-10(12)6-14-15(11)2;/h6,9,13H,3-5,7-8H2,1-2H3;1H. The molecule has 0 aliphatic carbocycles. The first-order valence-electron chi connectivity index (χ1n) is 5.76. The maximum Gasteiger partial charge on any atom is 0.0831 e. The number of nitrogens with one attached hydrogen (secondary N) is 1. The van der Waals surface area contributed by atoms with E-state index in [9.17, 15) is 0 Å². The van der Waals surface area contributed by atoms with Gasteiger partial charge in [0.05, 0.1) is 16.9 Å². The Labute approximate surface area is 114 Å². The first-order valence-corrected chi connectivity index (χ1v) is 6.14. The van der Waals surface area contributed by atoms with Gasteiger partial charge in [0.2, 0.25) is 0 Å². The molecule has 0 radical (unpaired) electrons. The van der Waals surface area contributed by atoms with Gasteiger partial charge >= 0.3 is 0 Å². The zero-order chi connectivity index (χ0) is 11.5. The van der Waals surface area contributed by atoms with Crippen molar-refractivity contribution >= 4 is 24.0 Å². The Morgan fingerprint density at radius 1 is 1.59 bits per heavy atom. The number of likely N-dealkylation sites (tertiary alicyclic amines) is 1. The van der Waals surface area contributed by atoms with Crippen LogP contribution in [0.3, 0.4) is 0 Å². The summed E-state index contributed by atoms with van der Waals surface area (Å²) >= 11 is 6.11. The van der Waals surface area contributed by atoms with E-state index >= 15 is 0 Å². The molecule has 0 amide bonds. The second-order valence-corrected chi connectivity index (χ2v) is 4.83. The van der Waals surface area contributed by atoms with E-state index in [4.69, 9.17) is 11.6 Å². The van der Waals surface area contributed by atoms with Crippen molar-refractivity contribution in [3.8, 4) is 0 Å². The third-order valence-corrected chi connectivity index (χ3v) is 3.61. The van der Waals surface area contributed by atoms with E-state index in [1.165, 1.54) is 12.8 Å². The maximum absolute atomic E-state index is 6.11. The van der Waals surface area contributed by atoms with E-state index in [2.05, 4.69) is 15.3 Å². The lowest BCUT2D eigenvalue weighted by molar-refractivity contribution is 0.184. The number of hydrogen-bond donors (Lipinski definition) is 1. The van der Waals surface area contributed by atoms with Crippen LogP contribution in [-0.2, 0) is 13.6 Å². The van der Waals surface area contributed by atoms with E-state index in [0.717, 1.165) is 30.4 Å². The summed E-state index contributed by atoms with van der Waals surface area (Å²) in [7, 11) is 3.98. The Kier molecular flexibility index (Phi) is 5.73. The van der Waals surface area contributed by atoms with E-state index in [1.54, 1.807) is 6.20 Å². The highest BCUT2D eigenvalue weighted by molar-refractivity contribution is 6.31. The van der Waals surface area contributed by atoms with Gasteiger partial charge < -0.3 is 5.32 Å². The molecule has 1 aliphatic rings. The minimum Gasteiger partial charge on any atom is -0.316 e. The average molecular weight is 279 g/mol. The van der Waals surface area contributed by atoms with Crippen molar-refractivity contribution in [2.75, 3.05) is 20.1 Å². The van der Waals surface area contributed by atoms with Gasteiger partial charge in [-0.2, -0.15) is 5.10 Å². The summed E-state index contributed by atoms with van der Waals surface area (Å²) in [5.74, 6) is 0. The third-order valence-electron chi connectivity index (χ3n) is 3.30. The fourth-order valence-corrected chi connectivity index (χ4v) is 2.49. The Bertz CT molecular complexity index is 334. The second kappa shape index (κ2) is 6.59. The first-order chi connectivity index (χ1) is 7.70. The van der Waals surface area contributed by atoms with Crippen molar-refractivity contribution in [2.45, 2.75) is 25.4 Å². The van der Waals surface area contributed by atoms with Gasteiger partial charge in [-0.25, -0.2) is 0 Å². The zero-order valence-corrected chi connectivity index (χ0v) is 11.9. The van der Waals surface area contributed by atoms with Gasteiger partial charge in [0, 0.05) is 26.2 Å². The van der Waals surface area contributed by atoms with Crippen LogP contribution in [0.4, 0.5) is 0 Å². The molecule has 2 heterocycles. The lowest BCUT2D eigenvalue weighted by Crippen LogP contribution is -2.44. The summed E-state index contributed by atoms with van der Waals surface area (Å²) in [5.41, 5.74) is 1.11. The van der Waals surface area contributed by atoms with Gasteiger partial charge in [0.15, 0.2) is 0 Å². The van der Waals surface area contributed by atoms with E-state index in [1.807, 2.05) is 18.8 Å². The van der Waals surface area contributed by atoms with Gasteiger partial charge in [-0.1, -0.05) is 11.6 Å². The van der Waals surface area contributed by atoms with Gasteiger partial charge in [-0.05, 0) is 26.4 Å². The molecule has 0 saturated carbocycles. The van der Waals surface area contributed by atoms with Crippen LogP contribution < -0.4 is 5.32 Å². The highest BCUT2D eigenvalue weighted by atomic mass is 35.5. The van der Waals surface area contributed by atoms with Gasteiger partial charge in [0.1, 0.15) is 0 Å². The summed E-state index contributed by atoms with van der Waals surface area (Å²) in [6, 6.07) is 0.612. The predicted molar refractivity (Wildman–Crippen MR) is 72.8 cm³/mol. The first kappa shape index (κ1) is 14.8. The Morgan fingerprint density at radius 2 is 2.35 bits per heavy atom. The topological polar surface area (TPSA) is 33.1 Å². The highest BCUT2D eigenvalue weighted by Gasteiger charge is 2.20. The van der Waals surface area contributed by atoms with Crippen LogP contribution in [0.2, 0.25) is 5.02 Å². The minimum absolute atomic E-state index is 0. The summed E-state index contributed by atoms with van der Waals surface area (Å²) in [6.07, 6.45) is 4.24. The molecular weight excluding hydrogens is 259 g/mol. The molecule has 1 aromatic rings.